The van der Waals surface area contributed by atoms with Crippen molar-refractivity contribution in [3.63, 3.8) is 0 Å². The second-order valence-electron chi connectivity index (χ2n) is 7.27. The summed E-state index contributed by atoms with van der Waals surface area (Å²) >= 11 is 0. The summed E-state index contributed by atoms with van der Waals surface area (Å²) < 4.78 is 2.24. The molecule has 0 N–H and O–H groups in total. The van der Waals surface area contributed by atoms with E-state index in [0.717, 1.165) is 17.7 Å². The Kier molecular flexibility index (Phi) is 19.1. The van der Waals surface area contributed by atoms with Gasteiger partial charge in [0, 0.05) is 33.9 Å². The van der Waals surface area contributed by atoms with E-state index in [2.05, 4.69) is 88.1 Å². The van der Waals surface area contributed by atoms with Gasteiger partial charge in [0.15, 0.2) is 0 Å². The highest BCUT2D eigenvalue weighted by atomic mass is 15.0. The summed E-state index contributed by atoms with van der Waals surface area (Å²) in [6, 6.07) is 10.3. The van der Waals surface area contributed by atoms with Crippen molar-refractivity contribution in [1.29, 1.82) is 0 Å². The van der Waals surface area contributed by atoms with E-state index in [1.165, 1.54) is 27.4 Å². The van der Waals surface area contributed by atoms with Crippen LogP contribution in [0.15, 0.2) is 105 Å². The first-order chi connectivity index (χ1) is 16.4. The topological polar surface area (TPSA) is 4.93 Å². The van der Waals surface area contributed by atoms with Gasteiger partial charge in [0.1, 0.15) is 0 Å². The maximum atomic E-state index is 4.16. The molecule has 0 unspecified atom stereocenters. The number of allylic oxidation sites excluding steroid dienone is 9. The van der Waals surface area contributed by atoms with Crippen molar-refractivity contribution in [2.45, 2.75) is 55.4 Å². The molecule has 1 aromatic heterocycles. The Hall–Kier alpha value is -3.58. The average molecular weight is 470 g/mol. The van der Waals surface area contributed by atoms with Crippen molar-refractivity contribution in [2.24, 2.45) is 0 Å². The molecule has 1 heteroatoms. The fourth-order valence-corrected chi connectivity index (χ4v) is 3.31. The molecule has 2 aromatic rings. The molecule has 0 radical (unpaired) electrons. The standard InChI is InChI=1S/C17H19N.C7H8.C7H10.C2H6.CH4/c1-5-8-10-13(4)18-16(7-3)14(6-2)15-11-9-12-17(15)18;1-7-5-3-2-4-6-7;1-4-6-7(3)5-2;1-2;/h5-11H,1,4,12H2,2-3H3;2-6H,1H3;4-6H,1-2H2,3H3;1-2H3;1H4/b10-8-,14-6-,16-7+;;7-6-;;. The summed E-state index contributed by atoms with van der Waals surface area (Å²) in [6.45, 7) is 27.2. The zero-order valence-electron chi connectivity index (χ0n) is 22.1. The van der Waals surface area contributed by atoms with E-state index in [9.17, 15) is 0 Å². The molecule has 0 fully saturated rings. The van der Waals surface area contributed by atoms with E-state index in [1.54, 1.807) is 18.2 Å². The van der Waals surface area contributed by atoms with Crippen LogP contribution in [0, 0.1) is 6.92 Å². The summed E-state index contributed by atoms with van der Waals surface area (Å²) in [5.74, 6) is 0. The van der Waals surface area contributed by atoms with Gasteiger partial charge in [-0.05, 0) is 33.8 Å². The van der Waals surface area contributed by atoms with Gasteiger partial charge >= 0.3 is 0 Å². The molecule has 1 heterocycles. The minimum atomic E-state index is 0. The second kappa shape index (κ2) is 19.9. The van der Waals surface area contributed by atoms with Gasteiger partial charge in [0.2, 0.25) is 0 Å². The fraction of sp³-hybridized carbons (Fsp3) is 0.235. The normalized spacial score (nSPS) is 12.1. The Balaban J connectivity index is 0. The molecule has 1 aromatic carbocycles. The Morgan fingerprint density at radius 3 is 2.00 bits per heavy atom. The highest BCUT2D eigenvalue weighted by Crippen LogP contribution is 2.18. The van der Waals surface area contributed by atoms with E-state index >= 15 is 0 Å². The molecule has 0 amide bonds. The number of nitrogens with zero attached hydrogens (tertiary/aromatic N) is 1. The number of aromatic nitrogens is 1. The lowest BCUT2D eigenvalue weighted by atomic mass is 10.2. The third-order valence-corrected chi connectivity index (χ3v) is 4.90. The number of fused-ring (bicyclic) bond motifs is 1. The monoisotopic (exact) mass is 469 g/mol. The molecular weight excluding hydrogens is 422 g/mol. The summed E-state index contributed by atoms with van der Waals surface area (Å²) in [6.07, 6.45) is 20.9. The summed E-state index contributed by atoms with van der Waals surface area (Å²) in [7, 11) is 0. The maximum Gasteiger partial charge on any atom is 0.0491 e. The summed E-state index contributed by atoms with van der Waals surface area (Å²) in [5.41, 5.74) is 6.11. The van der Waals surface area contributed by atoms with Gasteiger partial charge in [-0.2, -0.15) is 0 Å². The molecule has 1 nitrogen and oxygen atoms in total. The van der Waals surface area contributed by atoms with Gasteiger partial charge in [0.05, 0.1) is 0 Å². The lowest BCUT2D eigenvalue weighted by Gasteiger charge is -2.07. The molecule has 0 spiro atoms. The third-order valence-electron chi connectivity index (χ3n) is 4.90. The molecule has 1 aliphatic rings. The molecule has 0 atom stereocenters. The van der Waals surface area contributed by atoms with Crippen molar-refractivity contribution in [3.8, 4) is 0 Å². The molecule has 0 aliphatic heterocycles. The lowest BCUT2D eigenvalue weighted by molar-refractivity contribution is 0.981. The van der Waals surface area contributed by atoms with Crippen LogP contribution in [0.5, 0.6) is 0 Å². The maximum absolute atomic E-state index is 4.16. The molecule has 3 rings (SSSR count). The predicted molar refractivity (Wildman–Crippen MR) is 165 cm³/mol. The van der Waals surface area contributed by atoms with Crippen LogP contribution in [-0.4, -0.2) is 4.57 Å². The minimum absolute atomic E-state index is 0. The number of benzene rings is 1. The van der Waals surface area contributed by atoms with E-state index in [-0.39, 0.29) is 7.43 Å². The molecular formula is C34H47N. The van der Waals surface area contributed by atoms with E-state index < -0.39 is 0 Å². The van der Waals surface area contributed by atoms with Crippen LogP contribution < -0.4 is 10.6 Å². The van der Waals surface area contributed by atoms with Crippen LogP contribution in [0.4, 0.5) is 0 Å². The van der Waals surface area contributed by atoms with Crippen LogP contribution in [0.25, 0.3) is 23.9 Å². The molecule has 0 saturated heterocycles. The van der Waals surface area contributed by atoms with Gasteiger partial charge in [-0.1, -0.05) is 144 Å². The zero-order chi connectivity index (χ0) is 25.9. The molecule has 1 aliphatic carbocycles. The lowest BCUT2D eigenvalue weighted by Crippen LogP contribution is -2.29. The van der Waals surface area contributed by atoms with Crippen LogP contribution in [-0.2, 0) is 6.42 Å². The van der Waals surface area contributed by atoms with Crippen LogP contribution in [0.1, 0.15) is 58.9 Å². The number of hydrogen-bond donors (Lipinski definition) is 0. The fourth-order valence-electron chi connectivity index (χ4n) is 3.31. The van der Waals surface area contributed by atoms with Crippen LogP contribution in [0.3, 0.4) is 0 Å². The summed E-state index contributed by atoms with van der Waals surface area (Å²) in [4.78, 5) is 0. The van der Waals surface area contributed by atoms with E-state index in [1.807, 2.05) is 57.2 Å². The molecule has 0 saturated carbocycles. The van der Waals surface area contributed by atoms with Gasteiger partial charge in [-0.15, -0.1) is 0 Å². The number of aryl methyl sites for hydroxylation is 1. The van der Waals surface area contributed by atoms with Gasteiger partial charge in [-0.3, -0.25) is 0 Å². The summed E-state index contributed by atoms with van der Waals surface area (Å²) in [5, 5.41) is 2.53. The Labute approximate surface area is 215 Å². The van der Waals surface area contributed by atoms with Crippen molar-refractivity contribution in [1.82, 2.24) is 4.57 Å². The first kappa shape index (κ1) is 33.6. The van der Waals surface area contributed by atoms with Crippen LogP contribution >= 0.6 is 0 Å². The molecule has 188 valence electrons. The average Bonchev–Trinajstić information content (AvgIpc) is 3.45. The minimum Gasteiger partial charge on any atom is -0.314 e. The van der Waals surface area contributed by atoms with E-state index in [0.29, 0.717) is 0 Å². The van der Waals surface area contributed by atoms with Gasteiger partial charge < -0.3 is 4.57 Å². The van der Waals surface area contributed by atoms with Gasteiger partial charge in [-0.25, -0.2) is 0 Å². The smallest absolute Gasteiger partial charge is 0.0491 e. The van der Waals surface area contributed by atoms with E-state index in [4.69, 9.17) is 0 Å². The molecule has 0 bridgehead atoms. The predicted octanol–water partition coefficient (Wildman–Crippen LogP) is 8.83. The highest BCUT2D eigenvalue weighted by Gasteiger charge is 2.15. The van der Waals surface area contributed by atoms with Crippen molar-refractivity contribution in [3.05, 3.63) is 132 Å². The highest BCUT2D eigenvalue weighted by molar-refractivity contribution is 5.67. The zero-order valence-corrected chi connectivity index (χ0v) is 22.1. The second-order valence-corrected chi connectivity index (χ2v) is 7.27. The largest absolute Gasteiger partial charge is 0.314 e. The van der Waals surface area contributed by atoms with Crippen molar-refractivity contribution >= 4 is 23.9 Å². The molecule has 35 heavy (non-hydrogen) atoms. The quantitative estimate of drug-likeness (QED) is 0.385. The van der Waals surface area contributed by atoms with Crippen molar-refractivity contribution in [2.75, 3.05) is 0 Å². The van der Waals surface area contributed by atoms with Gasteiger partial charge in [0.25, 0.3) is 0 Å². The van der Waals surface area contributed by atoms with Crippen LogP contribution in [0.2, 0.25) is 0 Å². The van der Waals surface area contributed by atoms with Crippen molar-refractivity contribution < 1.29 is 0 Å². The Bertz CT molecular complexity index is 1130. The first-order valence-corrected chi connectivity index (χ1v) is 11.9. The Morgan fingerprint density at radius 1 is 0.971 bits per heavy atom. The first-order valence-electron chi connectivity index (χ1n) is 11.9. The third kappa shape index (κ3) is 10.9. The number of hydrogen-bond acceptors (Lipinski definition) is 0. The Morgan fingerprint density at radius 2 is 1.60 bits per heavy atom. The number of rotatable bonds is 5. The SMILES string of the molecule is C.C=C/C=C(/C)C=C.C=C/C=C\C(=C)n1c2c(c(=C/C)/c1=C\C)C=CC2.CC.Cc1ccccc1.